The summed E-state index contributed by atoms with van der Waals surface area (Å²) in [4.78, 5) is 61.9. The second-order valence-corrected chi connectivity index (χ2v) is 21.0. The van der Waals surface area contributed by atoms with E-state index in [9.17, 15) is 48.6 Å². The molecule has 406 valence electrons. The molecule has 71 heavy (non-hydrogen) atoms. The fraction of sp³-hybridized carbons (Fsp3) is 0.720. The van der Waals surface area contributed by atoms with Gasteiger partial charge in [0.1, 0.15) is 30.7 Å². The Bertz CT molecular complexity index is 1890. The summed E-state index contributed by atoms with van der Waals surface area (Å²) >= 11 is 0. The van der Waals surface area contributed by atoms with Crippen LogP contribution in [0.1, 0.15) is 181 Å². The molecule has 1 aliphatic rings. The van der Waals surface area contributed by atoms with Gasteiger partial charge in [0, 0.05) is 19.0 Å². The van der Waals surface area contributed by atoms with Crippen LogP contribution in [-0.2, 0) is 46.3 Å². The maximum Gasteiger partial charge on any atom is 0.481 e. The highest BCUT2D eigenvalue weighted by molar-refractivity contribution is 7.61. The number of phosphoric acid groups is 2. The number of phosphoric ester groups is 2. The van der Waals surface area contributed by atoms with E-state index in [0.29, 0.717) is 19.3 Å². The van der Waals surface area contributed by atoms with Crippen LogP contribution in [0.4, 0.5) is 5.82 Å². The Morgan fingerprint density at radius 3 is 1.79 bits per heavy atom. The number of carbonyl (C=O) groups excluding carboxylic acids is 2. The highest BCUT2D eigenvalue weighted by atomic mass is 31.3. The Kier molecular flexibility index (Phi) is 34.4. The molecule has 7 N–H and O–H groups in total. The van der Waals surface area contributed by atoms with E-state index in [-0.39, 0.29) is 24.8 Å². The van der Waals surface area contributed by atoms with Crippen LogP contribution >= 0.6 is 15.6 Å². The minimum atomic E-state index is -5.44. The number of rotatable bonds is 42. The molecule has 1 aromatic rings. The number of nitrogens with two attached hydrogens (primary N) is 1. The van der Waals surface area contributed by atoms with Gasteiger partial charge in [-0.2, -0.15) is 9.29 Å². The molecule has 1 fully saturated rings. The summed E-state index contributed by atoms with van der Waals surface area (Å²) in [6.07, 6.45) is 33.2. The average molecular weight is 1050 g/mol. The molecule has 0 radical (unpaired) electrons. The van der Waals surface area contributed by atoms with Crippen molar-refractivity contribution < 1.29 is 71.4 Å². The molecule has 0 saturated carbocycles. The van der Waals surface area contributed by atoms with E-state index in [2.05, 4.69) is 52.7 Å². The van der Waals surface area contributed by atoms with Crippen molar-refractivity contribution in [3.63, 3.8) is 0 Å². The molecule has 2 unspecified atom stereocenters. The molecule has 0 bridgehead atoms. The number of hydrogen-bond donors (Lipinski definition) is 6. The predicted molar refractivity (Wildman–Crippen MR) is 272 cm³/mol. The zero-order chi connectivity index (χ0) is 52.2. The second kappa shape index (κ2) is 38.3. The number of ether oxygens (including phenoxy) is 3. The SMILES string of the molecule is CCCCCCCCCCCCCCCCCC(=O)O[C@H](COC(=O)CCC/C=C\C/C=C\C/C=C\C/C=C\CCC[C@@H](C)O)COP(=O)(O)OP(=O)(O)OC[C@H]1O[C@@H](n2ccc(N)nc2=O)[C@H](O)[C@@H]1O. The monoisotopic (exact) mass is 1050 g/mol. The summed E-state index contributed by atoms with van der Waals surface area (Å²) in [5.41, 5.74) is 4.58. The standard InChI is InChI=1S/C50H85N3O16P2/c1-3-4-5-6-7-8-9-10-12-17-20-23-26-29-32-35-46(56)67-42(38-64-45(55)34-31-28-25-22-19-16-14-11-13-15-18-21-24-27-30-33-41(2)54)39-65-70(60,61)69-71(62,63)66-40-43-47(57)48(58)49(68-43)53-37-36-44(51)52-50(53)59/h13-16,21-22,24-25,36-37,41-43,47-49,54,57-58H,3-12,17-20,23,26-35,38-40H2,1-2H3,(H,60,61)(H,62,63)(H2,51,52,59)/b15-13-,16-14-,24-21-,25-22-/t41-,42-,43-,47-,48-,49-/m1/s1. The van der Waals surface area contributed by atoms with Crippen LogP contribution in [0.25, 0.3) is 0 Å². The third-order valence-corrected chi connectivity index (χ3v) is 14.0. The number of esters is 2. The maximum absolute atomic E-state index is 12.9. The van der Waals surface area contributed by atoms with E-state index < -0.39 is 83.7 Å². The minimum Gasteiger partial charge on any atom is -0.462 e. The number of carbonyl (C=O) groups is 2. The molecule has 1 aromatic heterocycles. The first-order valence-electron chi connectivity index (χ1n) is 25.7. The fourth-order valence-corrected chi connectivity index (χ4v) is 9.55. The quantitative estimate of drug-likeness (QED) is 0.0154. The van der Waals surface area contributed by atoms with Gasteiger partial charge in [0.25, 0.3) is 0 Å². The van der Waals surface area contributed by atoms with Gasteiger partial charge in [-0.15, -0.1) is 0 Å². The lowest BCUT2D eigenvalue weighted by Crippen LogP contribution is -2.36. The molecule has 2 rings (SSSR count). The van der Waals surface area contributed by atoms with Crippen molar-refractivity contribution in [1.29, 1.82) is 0 Å². The third-order valence-electron chi connectivity index (χ3n) is 11.4. The normalized spacial score (nSPS) is 20.0. The molecule has 1 aliphatic heterocycles. The van der Waals surface area contributed by atoms with E-state index in [1.165, 1.54) is 70.3 Å². The van der Waals surface area contributed by atoms with Crippen molar-refractivity contribution in [2.75, 3.05) is 25.6 Å². The van der Waals surface area contributed by atoms with Gasteiger partial charge in [0.05, 0.1) is 19.3 Å². The van der Waals surface area contributed by atoms with Crippen LogP contribution in [-0.4, -0.2) is 96.9 Å². The van der Waals surface area contributed by atoms with Gasteiger partial charge in [0.15, 0.2) is 12.3 Å². The van der Waals surface area contributed by atoms with Crippen molar-refractivity contribution in [2.24, 2.45) is 0 Å². The summed E-state index contributed by atoms with van der Waals surface area (Å²) in [5.74, 6) is -1.38. The number of anilines is 1. The van der Waals surface area contributed by atoms with E-state index in [4.69, 9.17) is 29.0 Å². The zero-order valence-electron chi connectivity index (χ0n) is 42.1. The maximum atomic E-state index is 12.9. The fourth-order valence-electron chi connectivity index (χ4n) is 7.44. The van der Waals surface area contributed by atoms with Crippen LogP contribution in [0.3, 0.4) is 0 Å². The molecule has 0 aromatic carbocycles. The predicted octanol–water partition coefficient (Wildman–Crippen LogP) is 9.53. The molecule has 0 amide bonds. The van der Waals surface area contributed by atoms with Crippen LogP contribution in [0.5, 0.6) is 0 Å². The van der Waals surface area contributed by atoms with E-state index >= 15 is 0 Å². The van der Waals surface area contributed by atoms with Gasteiger partial charge >= 0.3 is 33.3 Å². The second-order valence-electron chi connectivity index (χ2n) is 18.0. The van der Waals surface area contributed by atoms with Gasteiger partial charge < -0.3 is 45.1 Å². The first-order valence-corrected chi connectivity index (χ1v) is 28.7. The Balaban J connectivity index is 1.82. The zero-order valence-corrected chi connectivity index (χ0v) is 43.9. The minimum absolute atomic E-state index is 0.0342. The lowest BCUT2D eigenvalue weighted by molar-refractivity contribution is -0.161. The molecule has 0 aliphatic carbocycles. The third kappa shape index (κ3) is 31.8. The van der Waals surface area contributed by atoms with Crippen molar-refractivity contribution in [3.05, 3.63) is 71.4 Å². The molecule has 21 heteroatoms. The summed E-state index contributed by atoms with van der Waals surface area (Å²) in [7, 11) is -10.9. The molecule has 0 spiro atoms. The lowest BCUT2D eigenvalue weighted by Gasteiger charge is -2.21. The number of unbranched alkanes of at least 4 members (excludes halogenated alkanes) is 16. The van der Waals surface area contributed by atoms with Gasteiger partial charge in [-0.25, -0.2) is 13.9 Å². The summed E-state index contributed by atoms with van der Waals surface area (Å²) in [6.45, 7) is 1.66. The van der Waals surface area contributed by atoms with Crippen molar-refractivity contribution in [3.8, 4) is 0 Å². The van der Waals surface area contributed by atoms with Crippen molar-refractivity contribution in [2.45, 2.75) is 211 Å². The molecule has 8 atom stereocenters. The Morgan fingerprint density at radius 2 is 1.24 bits per heavy atom. The van der Waals surface area contributed by atoms with Gasteiger partial charge in [-0.1, -0.05) is 145 Å². The largest absolute Gasteiger partial charge is 0.481 e. The molecule has 19 nitrogen and oxygen atoms in total. The number of aliphatic hydroxyl groups is 3. The van der Waals surface area contributed by atoms with Crippen LogP contribution in [0, 0.1) is 0 Å². The number of nitrogen functional groups attached to an aromatic ring is 1. The summed E-state index contributed by atoms with van der Waals surface area (Å²) < 4.78 is 56.7. The topological polar surface area (TPSA) is 286 Å². The molecular formula is C50H85N3O16P2. The summed E-state index contributed by atoms with van der Waals surface area (Å²) in [5, 5.41) is 30.2. The van der Waals surface area contributed by atoms with Crippen molar-refractivity contribution >= 4 is 33.4 Å². The smallest absolute Gasteiger partial charge is 0.462 e. The van der Waals surface area contributed by atoms with Crippen LogP contribution < -0.4 is 11.4 Å². The van der Waals surface area contributed by atoms with Crippen molar-refractivity contribution in [1.82, 2.24) is 9.55 Å². The Morgan fingerprint density at radius 1 is 0.732 bits per heavy atom. The average Bonchev–Trinajstić information content (AvgIpc) is 3.59. The lowest BCUT2D eigenvalue weighted by atomic mass is 10.0. The number of aliphatic hydroxyl groups excluding tert-OH is 3. The number of nitrogens with zero attached hydrogens (tertiary/aromatic N) is 2. The van der Waals surface area contributed by atoms with Gasteiger partial charge in [-0.05, 0) is 70.8 Å². The van der Waals surface area contributed by atoms with E-state index in [0.717, 1.165) is 75.0 Å². The number of aromatic nitrogens is 2. The first-order chi connectivity index (χ1) is 34.0. The highest BCUT2D eigenvalue weighted by Gasteiger charge is 2.46. The number of allylic oxidation sites excluding steroid dienone is 8. The van der Waals surface area contributed by atoms with Crippen LogP contribution in [0.2, 0.25) is 0 Å². The van der Waals surface area contributed by atoms with E-state index in [1.54, 1.807) is 6.92 Å². The van der Waals surface area contributed by atoms with Crippen LogP contribution in [0.15, 0.2) is 65.7 Å². The molecule has 2 heterocycles. The highest BCUT2D eigenvalue weighted by Crippen LogP contribution is 2.60. The number of hydrogen-bond acceptors (Lipinski definition) is 16. The molecular weight excluding hydrogens is 961 g/mol. The summed E-state index contributed by atoms with van der Waals surface area (Å²) in [6, 6.07) is 1.24. The van der Waals surface area contributed by atoms with Gasteiger partial charge in [-0.3, -0.25) is 23.2 Å². The Hall–Kier alpha value is -3.32. The Labute approximate surface area is 421 Å². The first kappa shape index (κ1) is 63.8. The van der Waals surface area contributed by atoms with Gasteiger partial charge in [0.2, 0.25) is 0 Å². The van der Waals surface area contributed by atoms with E-state index in [1.807, 2.05) is 12.2 Å². The molecule has 1 saturated heterocycles.